The van der Waals surface area contributed by atoms with Gasteiger partial charge in [-0.25, -0.2) is 0 Å². The van der Waals surface area contributed by atoms with Crippen molar-refractivity contribution in [1.29, 1.82) is 0 Å². The molecule has 0 fully saturated rings. The first-order valence-corrected chi connectivity index (χ1v) is 9.71. The van der Waals surface area contributed by atoms with Crippen LogP contribution in [-0.4, -0.2) is 18.7 Å². The average molecular weight is 329 g/mol. The second kappa shape index (κ2) is 11.7. The molecule has 1 N–H and O–H groups in total. The van der Waals surface area contributed by atoms with Crippen LogP contribution in [0.15, 0.2) is 34.9 Å². The molecule has 0 aromatic heterocycles. The maximum atomic E-state index is 10.6. The number of hydrogen-bond donors (Lipinski definition) is 1. The molecule has 0 heterocycles. The lowest BCUT2D eigenvalue weighted by Crippen LogP contribution is -2.03. The molecule has 128 valence electrons. The van der Waals surface area contributed by atoms with E-state index >= 15 is 0 Å². The first kappa shape index (κ1) is 21.1. The van der Waals surface area contributed by atoms with Gasteiger partial charge >= 0.3 is 0 Å². The Morgan fingerprint density at radius 3 is 1.82 bits per heavy atom. The van der Waals surface area contributed by atoms with Crippen molar-refractivity contribution in [3.8, 4) is 0 Å². The summed E-state index contributed by atoms with van der Waals surface area (Å²) in [5.41, 5.74) is 4.17. The van der Waals surface area contributed by atoms with E-state index in [0.717, 1.165) is 38.5 Å². The molecule has 0 spiro atoms. The zero-order chi connectivity index (χ0) is 17.0. The van der Waals surface area contributed by atoms with Gasteiger partial charge in [0.05, 0.1) is 5.75 Å². The van der Waals surface area contributed by atoms with Crippen molar-refractivity contribution in [2.75, 3.05) is 5.75 Å². The quantitative estimate of drug-likeness (QED) is 0.311. The normalized spacial score (nSPS) is 13.3. The highest BCUT2D eigenvalue weighted by atomic mass is 32.2. The molecule has 0 radical (unpaired) electrons. The summed E-state index contributed by atoms with van der Waals surface area (Å²) in [5.74, 6) is -0.131. The molecular formula is C18H32O3S. The third kappa shape index (κ3) is 15.5. The lowest BCUT2D eigenvalue weighted by molar-refractivity contribution is 0.480. The van der Waals surface area contributed by atoms with Crippen LogP contribution in [0.5, 0.6) is 0 Å². The Morgan fingerprint density at radius 2 is 1.32 bits per heavy atom. The van der Waals surface area contributed by atoms with E-state index in [1.165, 1.54) is 16.7 Å². The number of hydrogen-bond acceptors (Lipinski definition) is 2. The Morgan fingerprint density at radius 1 is 0.818 bits per heavy atom. The predicted molar refractivity (Wildman–Crippen MR) is 95.7 cm³/mol. The van der Waals surface area contributed by atoms with E-state index in [4.69, 9.17) is 4.55 Å². The molecule has 0 atom stereocenters. The van der Waals surface area contributed by atoms with E-state index in [2.05, 4.69) is 45.9 Å². The van der Waals surface area contributed by atoms with Crippen molar-refractivity contribution in [1.82, 2.24) is 0 Å². The van der Waals surface area contributed by atoms with E-state index in [9.17, 15) is 8.42 Å². The van der Waals surface area contributed by atoms with Crippen LogP contribution in [0.3, 0.4) is 0 Å². The van der Waals surface area contributed by atoms with E-state index < -0.39 is 10.1 Å². The van der Waals surface area contributed by atoms with Gasteiger partial charge < -0.3 is 0 Å². The van der Waals surface area contributed by atoms with E-state index in [1.807, 2.05) is 0 Å². The zero-order valence-corrected chi connectivity index (χ0v) is 15.4. The second-order valence-electron chi connectivity index (χ2n) is 6.24. The van der Waals surface area contributed by atoms with E-state index in [1.54, 1.807) is 0 Å². The molecule has 0 amide bonds. The van der Waals surface area contributed by atoms with Crippen molar-refractivity contribution in [3.63, 3.8) is 0 Å². The lowest BCUT2D eigenvalue weighted by Gasteiger charge is -2.02. The van der Waals surface area contributed by atoms with Gasteiger partial charge in [0.1, 0.15) is 0 Å². The minimum atomic E-state index is -3.79. The van der Waals surface area contributed by atoms with Crippen molar-refractivity contribution in [2.45, 2.75) is 72.6 Å². The summed E-state index contributed by atoms with van der Waals surface area (Å²) in [5, 5.41) is 0. The SMILES string of the molecule is CC(C)=CCCC(C)=CCCC(C)=CCCCCS(=O)(=O)O. The fourth-order valence-corrected chi connectivity index (χ4v) is 2.69. The summed E-state index contributed by atoms with van der Waals surface area (Å²) < 4.78 is 29.8. The smallest absolute Gasteiger partial charge is 0.264 e. The molecule has 0 saturated carbocycles. The molecule has 22 heavy (non-hydrogen) atoms. The van der Waals surface area contributed by atoms with Gasteiger partial charge in [0.15, 0.2) is 0 Å². The van der Waals surface area contributed by atoms with Gasteiger partial charge in [-0.05, 0) is 72.6 Å². The summed E-state index contributed by atoms with van der Waals surface area (Å²) >= 11 is 0. The highest BCUT2D eigenvalue weighted by molar-refractivity contribution is 7.85. The van der Waals surface area contributed by atoms with Crippen LogP contribution in [-0.2, 0) is 10.1 Å². The van der Waals surface area contributed by atoms with Crippen LogP contribution < -0.4 is 0 Å². The third-order valence-corrected chi connectivity index (χ3v) is 4.28. The molecule has 0 aromatic rings. The van der Waals surface area contributed by atoms with Gasteiger partial charge in [-0.1, -0.05) is 34.9 Å². The van der Waals surface area contributed by atoms with Crippen molar-refractivity contribution >= 4 is 10.1 Å². The van der Waals surface area contributed by atoms with Gasteiger partial charge in [-0.2, -0.15) is 8.42 Å². The average Bonchev–Trinajstić information content (AvgIpc) is 2.36. The van der Waals surface area contributed by atoms with Gasteiger partial charge in [0.2, 0.25) is 0 Å². The van der Waals surface area contributed by atoms with Crippen LogP contribution in [0.25, 0.3) is 0 Å². The standard InChI is InChI=1S/C18H32O3S/c1-16(2)10-8-12-18(4)14-9-13-17(3)11-6-5-7-15-22(19,20)21/h10-11,14H,5-9,12-13,15H2,1-4H3,(H,19,20,21). The Hall–Kier alpha value is -0.870. The number of rotatable bonds is 11. The van der Waals surface area contributed by atoms with Crippen LogP contribution >= 0.6 is 0 Å². The Balaban J connectivity index is 3.85. The molecule has 0 aliphatic rings. The van der Waals surface area contributed by atoms with Crippen molar-refractivity contribution in [3.05, 3.63) is 34.9 Å². The van der Waals surface area contributed by atoms with Gasteiger partial charge in [-0.3, -0.25) is 4.55 Å². The highest BCUT2D eigenvalue weighted by Crippen LogP contribution is 2.12. The van der Waals surface area contributed by atoms with Crippen LogP contribution in [0.4, 0.5) is 0 Å². The molecule has 0 aromatic carbocycles. The summed E-state index contributed by atoms with van der Waals surface area (Å²) in [7, 11) is -3.79. The molecule has 0 bridgehead atoms. The van der Waals surface area contributed by atoms with Crippen molar-refractivity contribution in [2.24, 2.45) is 0 Å². The summed E-state index contributed by atoms with van der Waals surface area (Å²) in [4.78, 5) is 0. The highest BCUT2D eigenvalue weighted by Gasteiger charge is 2.02. The predicted octanol–water partition coefficient (Wildman–Crippen LogP) is 5.46. The molecule has 3 nitrogen and oxygen atoms in total. The van der Waals surface area contributed by atoms with Gasteiger partial charge in [-0.15, -0.1) is 0 Å². The van der Waals surface area contributed by atoms with E-state index in [-0.39, 0.29) is 5.75 Å². The van der Waals surface area contributed by atoms with Crippen LogP contribution in [0.1, 0.15) is 72.6 Å². The first-order valence-electron chi connectivity index (χ1n) is 8.10. The molecule has 0 unspecified atom stereocenters. The second-order valence-corrected chi connectivity index (χ2v) is 7.81. The molecule has 0 rings (SSSR count). The summed E-state index contributed by atoms with van der Waals surface area (Å²) in [6.45, 7) is 8.56. The summed E-state index contributed by atoms with van der Waals surface area (Å²) in [6, 6.07) is 0. The largest absolute Gasteiger partial charge is 0.286 e. The fraction of sp³-hybridized carbons (Fsp3) is 0.667. The number of unbranched alkanes of at least 4 members (excludes halogenated alkanes) is 2. The van der Waals surface area contributed by atoms with Crippen LogP contribution in [0, 0.1) is 0 Å². The van der Waals surface area contributed by atoms with Gasteiger partial charge in [0, 0.05) is 0 Å². The first-order chi connectivity index (χ1) is 10.2. The van der Waals surface area contributed by atoms with Crippen LogP contribution in [0.2, 0.25) is 0 Å². The molecule has 0 aliphatic carbocycles. The number of allylic oxidation sites excluding steroid dienone is 6. The molecule has 4 heteroatoms. The topological polar surface area (TPSA) is 54.4 Å². The third-order valence-electron chi connectivity index (χ3n) is 3.47. The maximum Gasteiger partial charge on any atom is 0.264 e. The Labute approximate surface area is 137 Å². The maximum absolute atomic E-state index is 10.6. The molecular weight excluding hydrogens is 296 g/mol. The van der Waals surface area contributed by atoms with Gasteiger partial charge in [0.25, 0.3) is 10.1 Å². The summed E-state index contributed by atoms with van der Waals surface area (Å²) in [6.07, 6.45) is 13.3. The Kier molecular flexibility index (Phi) is 11.2. The van der Waals surface area contributed by atoms with E-state index in [0.29, 0.717) is 6.42 Å². The Bertz CT molecular complexity index is 492. The zero-order valence-electron chi connectivity index (χ0n) is 14.6. The molecule has 0 saturated heterocycles. The minimum Gasteiger partial charge on any atom is -0.286 e. The minimum absolute atomic E-state index is 0.131. The van der Waals surface area contributed by atoms with Crippen molar-refractivity contribution < 1.29 is 13.0 Å². The molecule has 0 aliphatic heterocycles. The monoisotopic (exact) mass is 328 g/mol. The lowest BCUT2D eigenvalue weighted by atomic mass is 10.1. The fourth-order valence-electron chi connectivity index (χ4n) is 2.12.